The Morgan fingerprint density at radius 3 is 2.48 bits per heavy atom. The van der Waals surface area contributed by atoms with Gasteiger partial charge in [0.2, 0.25) is 0 Å². The standard InChI is InChI=1S/C21H15N3O5/c1-28-19-12-13(20-22-17-5-3-2-4-16(17)21(25)23-20)6-11-18(19)29-15-9-7-14(8-10-15)24(26)27/h2-12H,1H3,(H,22,23,25). The Morgan fingerprint density at radius 2 is 1.76 bits per heavy atom. The van der Waals surface area contributed by atoms with Crippen LogP contribution in [0.4, 0.5) is 5.69 Å². The normalized spacial score (nSPS) is 10.7. The molecule has 3 aromatic carbocycles. The second kappa shape index (κ2) is 7.43. The van der Waals surface area contributed by atoms with Crippen LogP contribution in [0.2, 0.25) is 0 Å². The number of nitrogens with one attached hydrogen (secondary N) is 1. The van der Waals surface area contributed by atoms with E-state index in [4.69, 9.17) is 9.47 Å². The van der Waals surface area contributed by atoms with E-state index in [0.717, 1.165) is 0 Å². The lowest BCUT2D eigenvalue weighted by Crippen LogP contribution is -2.09. The number of aromatic nitrogens is 2. The number of nitro groups is 1. The zero-order valence-electron chi connectivity index (χ0n) is 15.3. The number of nitro benzene ring substituents is 1. The maximum Gasteiger partial charge on any atom is 0.269 e. The summed E-state index contributed by atoms with van der Waals surface area (Å²) in [4.78, 5) is 29.9. The number of para-hydroxylation sites is 1. The van der Waals surface area contributed by atoms with Crippen LogP contribution in [0.3, 0.4) is 0 Å². The van der Waals surface area contributed by atoms with Crippen molar-refractivity contribution in [3.63, 3.8) is 0 Å². The molecule has 4 rings (SSSR count). The highest BCUT2D eigenvalue weighted by molar-refractivity contribution is 5.79. The monoisotopic (exact) mass is 389 g/mol. The highest BCUT2D eigenvalue weighted by Gasteiger charge is 2.12. The summed E-state index contributed by atoms with van der Waals surface area (Å²) in [5, 5.41) is 11.3. The molecule has 0 aliphatic rings. The minimum Gasteiger partial charge on any atom is -0.493 e. The number of rotatable bonds is 5. The molecule has 1 N–H and O–H groups in total. The van der Waals surface area contributed by atoms with Crippen molar-refractivity contribution in [1.29, 1.82) is 0 Å². The number of H-pyrrole nitrogens is 1. The van der Waals surface area contributed by atoms with Crippen LogP contribution in [0.1, 0.15) is 0 Å². The largest absolute Gasteiger partial charge is 0.493 e. The molecule has 8 heteroatoms. The maximum atomic E-state index is 12.3. The molecular formula is C21H15N3O5. The smallest absolute Gasteiger partial charge is 0.269 e. The van der Waals surface area contributed by atoms with Gasteiger partial charge in [0, 0.05) is 17.7 Å². The molecule has 0 radical (unpaired) electrons. The van der Waals surface area contributed by atoms with Crippen molar-refractivity contribution in [1.82, 2.24) is 9.97 Å². The number of ether oxygens (including phenoxy) is 2. The van der Waals surface area contributed by atoms with E-state index in [9.17, 15) is 14.9 Å². The molecule has 0 bridgehead atoms. The minimum absolute atomic E-state index is 0.0222. The Morgan fingerprint density at radius 1 is 1.00 bits per heavy atom. The summed E-state index contributed by atoms with van der Waals surface area (Å²) >= 11 is 0. The molecule has 1 heterocycles. The number of aromatic amines is 1. The van der Waals surface area contributed by atoms with Crippen LogP contribution in [0, 0.1) is 10.1 Å². The Bertz CT molecular complexity index is 1270. The SMILES string of the molecule is COc1cc(-c2nc3ccccc3c(=O)[nH]2)ccc1Oc1ccc([N+](=O)[O-])cc1. The first-order chi connectivity index (χ1) is 14.0. The molecular weight excluding hydrogens is 374 g/mol. The van der Waals surface area contributed by atoms with E-state index >= 15 is 0 Å². The fourth-order valence-electron chi connectivity index (χ4n) is 2.89. The van der Waals surface area contributed by atoms with Gasteiger partial charge in [0.1, 0.15) is 11.6 Å². The average molecular weight is 389 g/mol. The predicted octanol–water partition coefficient (Wildman–Crippen LogP) is 4.30. The summed E-state index contributed by atoms with van der Waals surface area (Å²) in [5.41, 5.74) is 0.999. The Hall–Kier alpha value is -4.20. The minimum atomic E-state index is -0.476. The third-order valence-corrected chi connectivity index (χ3v) is 4.33. The van der Waals surface area contributed by atoms with E-state index in [1.807, 2.05) is 6.07 Å². The predicted molar refractivity (Wildman–Crippen MR) is 108 cm³/mol. The zero-order valence-corrected chi connectivity index (χ0v) is 15.3. The number of hydrogen-bond donors (Lipinski definition) is 1. The van der Waals surface area contributed by atoms with Crippen molar-refractivity contribution in [3.8, 4) is 28.6 Å². The van der Waals surface area contributed by atoms with Gasteiger partial charge in [0.05, 0.1) is 22.9 Å². The van der Waals surface area contributed by atoms with Gasteiger partial charge in [-0.2, -0.15) is 0 Å². The fourth-order valence-corrected chi connectivity index (χ4v) is 2.89. The summed E-state index contributed by atoms with van der Waals surface area (Å²) in [6.07, 6.45) is 0. The van der Waals surface area contributed by atoms with Gasteiger partial charge in [-0.25, -0.2) is 4.98 Å². The second-order valence-corrected chi connectivity index (χ2v) is 6.15. The Kier molecular flexibility index (Phi) is 4.66. The number of hydrogen-bond acceptors (Lipinski definition) is 6. The first-order valence-corrected chi connectivity index (χ1v) is 8.65. The van der Waals surface area contributed by atoms with Crippen molar-refractivity contribution >= 4 is 16.6 Å². The van der Waals surface area contributed by atoms with Gasteiger partial charge in [-0.1, -0.05) is 12.1 Å². The van der Waals surface area contributed by atoms with Gasteiger partial charge in [0.15, 0.2) is 11.5 Å². The van der Waals surface area contributed by atoms with Gasteiger partial charge in [0.25, 0.3) is 11.2 Å². The lowest BCUT2D eigenvalue weighted by Gasteiger charge is -2.12. The molecule has 8 nitrogen and oxygen atoms in total. The molecule has 0 saturated carbocycles. The molecule has 4 aromatic rings. The zero-order chi connectivity index (χ0) is 20.4. The van der Waals surface area contributed by atoms with Crippen LogP contribution in [0.15, 0.2) is 71.5 Å². The molecule has 0 saturated heterocycles. The molecule has 0 aliphatic carbocycles. The number of non-ortho nitro benzene ring substituents is 1. The molecule has 0 unspecified atom stereocenters. The van der Waals surface area contributed by atoms with Crippen molar-refractivity contribution in [3.05, 3.63) is 87.2 Å². The fraction of sp³-hybridized carbons (Fsp3) is 0.0476. The number of methoxy groups -OCH3 is 1. The lowest BCUT2D eigenvalue weighted by atomic mass is 10.1. The van der Waals surface area contributed by atoms with Crippen LogP contribution < -0.4 is 15.0 Å². The Labute approximate surface area is 164 Å². The van der Waals surface area contributed by atoms with E-state index in [-0.39, 0.29) is 11.2 Å². The Balaban J connectivity index is 1.68. The van der Waals surface area contributed by atoms with Gasteiger partial charge >= 0.3 is 0 Å². The number of nitrogens with zero attached hydrogens (tertiary/aromatic N) is 2. The van der Waals surface area contributed by atoms with Gasteiger partial charge in [-0.05, 0) is 42.5 Å². The van der Waals surface area contributed by atoms with Crippen molar-refractivity contribution in [2.45, 2.75) is 0 Å². The third kappa shape index (κ3) is 3.63. The first kappa shape index (κ1) is 18.2. The van der Waals surface area contributed by atoms with Crippen LogP contribution in [0.5, 0.6) is 17.2 Å². The van der Waals surface area contributed by atoms with Crippen LogP contribution >= 0.6 is 0 Å². The van der Waals surface area contributed by atoms with E-state index in [2.05, 4.69) is 9.97 Å². The highest BCUT2D eigenvalue weighted by atomic mass is 16.6. The lowest BCUT2D eigenvalue weighted by molar-refractivity contribution is -0.384. The first-order valence-electron chi connectivity index (χ1n) is 8.65. The van der Waals surface area contributed by atoms with E-state index in [1.165, 1.54) is 31.4 Å². The molecule has 0 fully saturated rings. The van der Waals surface area contributed by atoms with E-state index < -0.39 is 4.92 Å². The number of benzene rings is 3. The van der Waals surface area contributed by atoms with Gasteiger partial charge in [-0.15, -0.1) is 0 Å². The van der Waals surface area contributed by atoms with Crippen molar-refractivity contribution in [2.24, 2.45) is 0 Å². The van der Waals surface area contributed by atoms with Gasteiger partial charge < -0.3 is 14.5 Å². The van der Waals surface area contributed by atoms with Crippen LogP contribution in [0.25, 0.3) is 22.3 Å². The van der Waals surface area contributed by atoms with Crippen LogP contribution in [-0.4, -0.2) is 22.0 Å². The molecule has 0 atom stereocenters. The van der Waals surface area contributed by atoms with Gasteiger partial charge in [-0.3, -0.25) is 14.9 Å². The van der Waals surface area contributed by atoms with Crippen molar-refractivity contribution in [2.75, 3.05) is 7.11 Å². The third-order valence-electron chi connectivity index (χ3n) is 4.33. The van der Waals surface area contributed by atoms with E-state index in [1.54, 1.807) is 36.4 Å². The van der Waals surface area contributed by atoms with E-state index in [0.29, 0.717) is 39.5 Å². The molecule has 1 aromatic heterocycles. The molecule has 29 heavy (non-hydrogen) atoms. The highest BCUT2D eigenvalue weighted by Crippen LogP contribution is 2.35. The number of fused-ring (bicyclic) bond motifs is 1. The summed E-state index contributed by atoms with van der Waals surface area (Å²) in [6, 6.07) is 18.0. The van der Waals surface area contributed by atoms with Crippen LogP contribution in [-0.2, 0) is 0 Å². The molecule has 0 amide bonds. The van der Waals surface area contributed by atoms with Crippen molar-refractivity contribution < 1.29 is 14.4 Å². The summed E-state index contributed by atoms with van der Waals surface area (Å²) in [5.74, 6) is 1.69. The topological polar surface area (TPSA) is 107 Å². The molecule has 0 spiro atoms. The quantitative estimate of drug-likeness (QED) is 0.403. The summed E-state index contributed by atoms with van der Waals surface area (Å²) in [7, 11) is 1.50. The molecule has 0 aliphatic heterocycles. The second-order valence-electron chi connectivity index (χ2n) is 6.15. The summed E-state index contributed by atoms with van der Waals surface area (Å²) < 4.78 is 11.2. The summed E-state index contributed by atoms with van der Waals surface area (Å²) in [6.45, 7) is 0. The maximum absolute atomic E-state index is 12.3. The molecule has 144 valence electrons. The average Bonchev–Trinajstić information content (AvgIpc) is 2.74.